The van der Waals surface area contributed by atoms with Crippen LogP contribution >= 0.6 is 0 Å². The molecule has 0 bridgehead atoms. The molecule has 0 aliphatic carbocycles. The molecule has 0 saturated heterocycles. The molecule has 0 radical (unpaired) electrons. The van der Waals surface area contributed by atoms with E-state index in [-0.39, 0.29) is 0 Å². The highest BCUT2D eigenvalue weighted by molar-refractivity contribution is 7.20. The molecule has 3 nitrogen and oxygen atoms in total. The number of nitrogens with zero attached hydrogens (tertiary/aromatic N) is 3. The monoisotopic (exact) mass is 693 g/mol. The quantitative estimate of drug-likeness (QED) is 0.117. The third-order valence-electron chi connectivity index (χ3n) is 10.3. The number of para-hydroxylation sites is 3. The highest BCUT2D eigenvalue weighted by Crippen LogP contribution is 2.35. The van der Waals surface area contributed by atoms with Crippen LogP contribution < -0.4 is 25.6 Å². The van der Waals surface area contributed by atoms with E-state index in [0.29, 0.717) is 5.56 Å². The van der Waals surface area contributed by atoms with Gasteiger partial charge >= 0.3 is 0 Å². The number of benzene rings is 8. The summed E-state index contributed by atoms with van der Waals surface area (Å²) >= 11 is 0. The van der Waals surface area contributed by atoms with Crippen LogP contribution in [0.15, 0.2) is 212 Å². The number of fused-ring (bicyclic) bond motifs is 3. The van der Waals surface area contributed by atoms with Gasteiger partial charge in [0.15, 0.2) is 8.07 Å². The van der Waals surface area contributed by atoms with E-state index in [1.165, 1.54) is 42.6 Å². The van der Waals surface area contributed by atoms with Crippen molar-refractivity contribution in [2.75, 3.05) is 4.90 Å². The van der Waals surface area contributed by atoms with E-state index in [9.17, 15) is 5.26 Å². The first-order chi connectivity index (χ1) is 26.3. The maximum atomic E-state index is 9.58. The van der Waals surface area contributed by atoms with Crippen molar-refractivity contribution >= 4 is 67.7 Å². The first-order valence-corrected chi connectivity index (χ1v) is 19.9. The van der Waals surface area contributed by atoms with Crippen molar-refractivity contribution in [2.24, 2.45) is 0 Å². The van der Waals surface area contributed by atoms with Gasteiger partial charge in [0.25, 0.3) is 0 Å². The van der Waals surface area contributed by atoms with Crippen LogP contribution in [0.5, 0.6) is 0 Å². The zero-order chi connectivity index (χ0) is 35.6. The van der Waals surface area contributed by atoms with Crippen LogP contribution in [0.4, 0.5) is 17.1 Å². The average molecular weight is 694 g/mol. The minimum Gasteiger partial charge on any atom is -0.311 e. The summed E-state index contributed by atoms with van der Waals surface area (Å²) in [5.41, 5.74) is 7.28. The minimum absolute atomic E-state index is 0.638. The van der Waals surface area contributed by atoms with Crippen LogP contribution in [0.2, 0.25) is 0 Å². The lowest BCUT2D eigenvalue weighted by Gasteiger charge is -2.35. The molecule has 0 saturated carbocycles. The van der Waals surface area contributed by atoms with Crippen molar-refractivity contribution in [1.82, 2.24) is 4.57 Å². The molecule has 0 unspecified atom stereocenters. The highest BCUT2D eigenvalue weighted by Gasteiger charge is 2.42. The summed E-state index contributed by atoms with van der Waals surface area (Å²) in [5, 5.41) is 17.3. The minimum atomic E-state index is -2.95. The number of hydrogen-bond acceptors (Lipinski definition) is 2. The third kappa shape index (κ3) is 5.52. The molecule has 0 spiro atoms. The SMILES string of the molecule is N#Cc1ccc(N(c2ccccc2)c2cccc([Si](c3ccccc3)(c3ccccc3)c3ccc4c(c3)c3ccccc3n4-c3ccccc3)c2)cc1. The van der Waals surface area contributed by atoms with Crippen molar-refractivity contribution < 1.29 is 0 Å². The Kier molecular flexibility index (Phi) is 8.24. The Morgan fingerprint density at radius 1 is 0.396 bits per heavy atom. The van der Waals surface area contributed by atoms with Crippen molar-refractivity contribution in [3.8, 4) is 11.8 Å². The van der Waals surface area contributed by atoms with E-state index in [2.05, 4.69) is 198 Å². The Morgan fingerprint density at radius 3 is 1.57 bits per heavy atom. The molecule has 0 amide bonds. The molecule has 1 heterocycles. The van der Waals surface area contributed by atoms with Gasteiger partial charge in [-0.1, -0.05) is 140 Å². The van der Waals surface area contributed by atoms with Gasteiger partial charge in [-0.3, -0.25) is 0 Å². The Balaban J connectivity index is 1.34. The Hall–Kier alpha value is -6.93. The Labute approximate surface area is 310 Å². The van der Waals surface area contributed by atoms with Crippen LogP contribution in [0.3, 0.4) is 0 Å². The van der Waals surface area contributed by atoms with Gasteiger partial charge in [-0.05, 0) is 93.5 Å². The summed E-state index contributed by atoms with van der Waals surface area (Å²) in [6, 6.07) is 78.6. The van der Waals surface area contributed by atoms with Crippen molar-refractivity contribution in [3.05, 3.63) is 218 Å². The summed E-state index contributed by atoms with van der Waals surface area (Å²) in [5.74, 6) is 0. The van der Waals surface area contributed by atoms with Crippen LogP contribution in [0.1, 0.15) is 5.56 Å². The fourth-order valence-corrected chi connectivity index (χ4v) is 12.8. The summed E-state index contributed by atoms with van der Waals surface area (Å²) < 4.78 is 2.39. The lowest BCUT2D eigenvalue weighted by atomic mass is 10.1. The molecule has 250 valence electrons. The zero-order valence-electron chi connectivity index (χ0n) is 29.0. The molecule has 9 rings (SSSR count). The number of rotatable bonds is 8. The van der Waals surface area contributed by atoms with Crippen molar-refractivity contribution in [3.63, 3.8) is 0 Å². The van der Waals surface area contributed by atoms with E-state index >= 15 is 0 Å². The lowest BCUT2D eigenvalue weighted by molar-refractivity contribution is 1.18. The molecule has 0 aliphatic heterocycles. The van der Waals surface area contributed by atoms with Gasteiger partial charge in [0.1, 0.15) is 0 Å². The first kappa shape index (κ1) is 32.0. The van der Waals surface area contributed by atoms with Gasteiger partial charge in [0.05, 0.1) is 22.7 Å². The average Bonchev–Trinajstić information content (AvgIpc) is 3.57. The van der Waals surface area contributed by atoms with Crippen molar-refractivity contribution in [1.29, 1.82) is 5.26 Å². The number of aromatic nitrogens is 1. The molecule has 0 atom stereocenters. The standard InChI is InChI=1S/C49H35N3Si/c50-36-37-28-30-40(31-29-37)51(38-16-5-1-6-17-38)41-20-15-25-44(34-41)53(42-21-9-3-10-22-42,43-23-11-4-12-24-43)45-32-33-49-47(35-45)46-26-13-14-27-48(46)52(49)39-18-7-2-8-19-39/h1-35H. The second-order valence-corrected chi connectivity index (χ2v) is 17.1. The Bertz CT molecular complexity index is 2680. The summed E-state index contributed by atoms with van der Waals surface area (Å²) in [6.45, 7) is 0. The van der Waals surface area contributed by atoms with Gasteiger partial charge < -0.3 is 9.47 Å². The van der Waals surface area contributed by atoms with Gasteiger partial charge in [0, 0.05) is 33.5 Å². The molecule has 0 aliphatic rings. The second kappa shape index (κ2) is 13.7. The molecular weight excluding hydrogens is 659 g/mol. The molecular formula is C49H35N3Si. The fraction of sp³-hybridized carbons (Fsp3) is 0. The molecule has 53 heavy (non-hydrogen) atoms. The topological polar surface area (TPSA) is 32.0 Å². The van der Waals surface area contributed by atoms with Crippen LogP contribution in [-0.2, 0) is 0 Å². The summed E-state index contributed by atoms with van der Waals surface area (Å²) in [7, 11) is -2.95. The molecule has 1 aromatic heterocycles. The highest BCUT2D eigenvalue weighted by atomic mass is 28.3. The maximum absolute atomic E-state index is 9.58. The van der Waals surface area contributed by atoms with E-state index in [0.717, 1.165) is 22.7 Å². The van der Waals surface area contributed by atoms with E-state index in [4.69, 9.17) is 0 Å². The van der Waals surface area contributed by atoms with Gasteiger partial charge in [0.2, 0.25) is 0 Å². The fourth-order valence-electron chi connectivity index (χ4n) is 8.03. The first-order valence-electron chi connectivity index (χ1n) is 17.9. The predicted molar refractivity (Wildman–Crippen MR) is 224 cm³/mol. The maximum Gasteiger partial charge on any atom is 0.179 e. The number of hydrogen-bond donors (Lipinski definition) is 0. The number of nitriles is 1. The molecule has 9 aromatic rings. The molecule has 8 aromatic carbocycles. The molecule has 4 heteroatoms. The van der Waals surface area contributed by atoms with E-state index < -0.39 is 8.07 Å². The van der Waals surface area contributed by atoms with Crippen LogP contribution in [0.25, 0.3) is 27.5 Å². The smallest absolute Gasteiger partial charge is 0.179 e. The Morgan fingerprint density at radius 2 is 0.906 bits per heavy atom. The molecule has 0 N–H and O–H groups in total. The predicted octanol–water partition coefficient (Wildman–Crippen LogP) is 9.50. The normalized spacial score (nSPS) is 11.4. The largest absolute Gasteiger partial charge is 0.311 e. The lowest BCUT2D eigenvalue weighted by Crippen LogP contribution is -2.74. The van der Waals surface area contributed by atoms with E-state index in [1.807, 2.05) is 30.3 Å². The van der Waals surface area contributed by atoms with Crippen LogP contribution in [-0.4, -0.2) is 12.6 Å². The van der Waals surface area contributed by atoms with Crippen molar-refractivity contribution in [2.45, 2.75) is 0 Å². The summed E-state index contributed by atoms with van der Waals surface area (Å²) in [6.07, 6.45) is 0. The van der Waals surface area contributed by atoms with E-state index in [1.54, 1.807) is 0 Å². The van der Waals surface area contributed by atoms with Gasteiger partial charge in [-0.15, -0.1) is 0 Å². The zero-order valence-corrected chi connectivity index (χ0v) is 30.0. The number of anilines is 3. The second-order valence-electron chi connectivity index (χ2n) is 13.3. The van der Waals surface area contributed by atoms with Gasteiger partial charge in [-0.2, -0.15) is 5.26 Å². The molecule has 0 fully saturated rings. The van der Waals surface area contributed by atoms with Gasteiger partial charge in [-0.25, -0.2) is 0 Å². The van der Waals surface area contributed by atoms with Crippen LogP contribution in [0, 0.1) is 11.3 Å². The summed E-state index contributed by atoms with van der Waals surface area (Å²) in [4.78, 5) is 2.29. The third-order valence-corrected chi connectivity index (χ3v) is 15.1.